The lowest BCUT2D eigenvalue weighted by molar-refractivity contribution is 0.217. The highest BCUT2D eigenvalue weighted by molar-refractivity contribution is 9.09. The van der Waals surface area contributed by atoms with Crippen LogP contribution in [0.25, 0.3) is 0 Å². The lowest BCUT2D eigenvalue weighted by atomic mass is 10.2. The number of rotatable bonds is 1. The third-order valence-electron chi connectivity index (χ3n) is 1.89. The largest absolute Gasteiger partial charge is 0.336 e. The van der Waals surface area contributed by atoms with Crippen LogP contribution >= 0.6 is 15.9 Å². The second-order valence-electron chi connectivity index (χ2n) is 2.64. The smallest absolute Gasteiger partial charge is 0.317 e. The second-order valence-corrected chi connectivity index (χ2v) is 3.20. The highest BCUT2D eigenvalue weighted by atomic mass is 79.9. The Morgan fingerprint density at radius 2 is 2.50 bits per heavy atom. The zero-order valence-electron chi connectivity index (χ0n) is 6.93. The van der Waals surface area contributed by atoms with Gasteiger partial charge in [-0.15, -0.1) is 5.92 Å². The van der Waals surface area contributed by atoms with Gasteiger partial charge in [0.1, 0.15) is 0 Å². The van der Waals surface area contributed by atoms with E-state index in [2.05, 4.69) is 33.1 Å². The highest BCUT2D eigenvalue weighted by Crippen LogP contribution is 2.06. The maximum absolute atomic E-state index is 11.0. The molecule has 3 nitrogen and oxygen atoms in total. The number of urea groups is 1. The van der Waals surface area contributed by atoms with Crippen molar-refractivity contribution in [2.75, 3.05) is 18.9 Å². The predicted octanol–water partition coefficient (Wildman–Crippen LogP) is 0.798. The normalized spacial score (nSPS) is 21.7. The molecule has 0 aromatic rings. The maximum atomic E-state index is 11.0. The van der Waals surface area contributed by atoms with Crippen molar-refractivity contribution in [3.63, 3.8) is 0 Å². The van der Waals surface area contributed by atoms with Crippen LogP contribution in [0.3, 0.4) is 0 Å². The van der Waals surface area contributed by atoms with E-state index in [9.17, 15) is 4.79 Å². The van der Waals surface area contributed by atoms with E-state index in [0.717, 1.165) is 6.42 Å². The van der Waals surface area contributed by atoms with Gasteiger partial charge in [0, 0.05) is 20.0 Å². The van der Waals surface area contributed by atoms with Gasteiger partial charge >= 0.3 is 6.03 Å². The summed E-state index contributed by atoms with van der Waals surface area (Å²) in [5.74, 6) is 5.91. The Balaban J connectivity index is 2.39. The van der Waals surface area contributed by atoms with Crippen molar-refractivity contribution < 1.29 is 4.79 Å². The Labute approximate surface area is 80.6 Å². The summed E-state index contributed by atoms with van der Waals surface area (Å²) in [5.41, 5.74) is 0. The Bertz CT molecular complexity index is 231. The molecule has 1 fully saturated rings. The fraction of sp³-hybridized carbons (Fsp3) is 0.625. The van der Waals surface area contributed by atoms with E-state index >= 15 is 0 Å². The van der Waals surface area contributed by atoms with Crippen LogP contribution in [0.15, 0.2) is 0 Å². The van der Waals surface area contributed by atoms with Crippen LogP contribution in [0.2, 0.25) is 0 Å². The third-order valence-corrected chi connectivity index (χ3v) is 2.17. The molecular weight excluding hydrogens is 220 g/mol. The van der Waals surface area contributed by atoms with E-state index in [1.165, 1.54) is 0 Å². The summed E-state index contributed by atoms with van der Waals surface area (Å²) in [6.45, 7) is 0.715. The molecule has 1 heterocycles. The van der Waals surface area contributed by atoms with Crippen molar-refractivity contribution in [3.8, 4) is 11.8 Å². The molecule has 0 saturated carbocycles. The number of carbonyl (C=O) groups is 1. The minimum Gasteiger partial charge on any atom is -0.336 e. The number of hydrogen-bond acceptors (Lipinski definition) is 1. The first-order valence-corrected chi connectivity index (χ1v) is 4.90. The molecule has 0 aromatic carbocycles. The van der Waals surface area contributed by atoms with Crippen LogP contribution < -0.4 is 5.32 Å². The molecule has 12 heavy (non-hydrogen) atoms. The molecule has 1 atom stereocenters. The molecule has 0 aliphatic carbocycles. The number of nitrogens with one attached hydrogen (secondary N) is 1. The average molecular weight is 231 g/mol. The molecule has 0 bridgehead atoms. The van der Waals surface area contributed by atoms with E-state index in [4.69, 9.17) is 0 Å². The molecule has 0 spiro atoms. The minimum atomic E-state index is 0.000595. The first-order valence-electron chi connectivity index (χ1n) is 3.78. The number of carbonyl (C=O) groups excluding carboxylic acids is 1. The molecule has 0 aromatic heterocycles. The Morgan fingerprint density at radius 3 is 3.00 bits per heavy atom. The van der Waals surface area contributed by atoms with Gasteiger partial charge in [-0.3, -0.25) is 0 Å². The zero-order chi connectivity index (χ0) is 8.97. The van der Waals surface area contributed by atoms with Gasteiger partial charge in [0.05, 0.1) is 11.4 Å². The van der Waals surface area contributed by atoms with Crippen molar-refractivity contribution in [2.45, 2.75) is 12.5 Å². The number of halogens is 1. The lowest BCUT2D eigenvalue weighted by Crippen LogP contribution is -2.29. The van der Waals surface area contributed by atoms with E-state index in [0.29, 0.717) is 11.9 Å². The molecule has 1 unspecified atom stereocenters. The topological polar surface area (TPSA) is 32.3 Å². The van der Waals surface area contributed by atoms with E-state index in [1.807, 2.05) is 0 Å². The second kappa shape index (κ2) is 4.36. The van der Waals surface area contributed by atoms with Crippen molar-refractivity contribution >= 4 is 22.0 Å². The summed E-state index contributed by atoms with van der Waals surface area (Å²) in [6.07, 6.45) is 0.751. The molecule has 1 rings (SSSR count). The van der Waals surface area contributed by atoms with Gasteiger partial charge in [0.15, 0.2) is 0 Å². The van der Waals surface area contributed by atoms with Crippen LogP contribution in [-0.4, -0.2) is 35.9 Å². The van der Waals surface area contributed by atoms with Crippen LogP contribution in [0.1, 0.15) is 6.42 Å². The summed E-state index contributed by atoms with van der Waals surface area (Å²) in [4.78, 5) is 12.7. The number of alkyl halides is 1. The number of hydrogen-bond donors (Lipinski definition) is 1. The van der Waals surface area contributed by atoms with Gasteiger partial charge < -0.3 is 10.2 Å². The number of likely N-dealkylation sites (N-methyl/N-ethyl adjacent to an activating group) is 1. The van der Waals surface area contributed by atoms with Gasteiger partial charge in [-0.1, -0.05) is 21.9 Å². The molecule has 66 valence electrons. The molecule has 2 amide bonds. The summed E-state index contributed by atoms with van der Waals surface area (Å²) in [5, 5.41) is 3.45. The van der Waals surface area contributed by atoms with E-state index in [1.54, 1.807) is 11.9 Å². The maximum Gasteiger partial charge on any atom is 0.317 e. The van der Waals surface area contributed by atoms with Gasteiger partial charge in [-0.05, 0) is 0 Å². The van der Waals surface area contributed by atoms with Crippen LogP contribution in [0.5, 0.6) is 0 Å². The summed E-state index contributed by atoms with van der Waals surface area (Å²) >= 11 is 3.22. The summed E-state index contributed by atoms with van der Waals surface area (Å²) < 4.78 is 0. The Kier molecular flexibility index (Phi) is 3.42. The SMILES string of the molecule is CN1C(=O)NCC1CC#CCBr. The molecule has 1 aliphatic heterocycles. The molecule has 1 saturated heterocycles. The van der Waals surface area contributed by atoms with Gasteiger partial charge in [-0.25, -0.2) is 4.79 Å². The molecule has 0 radical (unpaired) electrons. The summed E-state index contributed by atoms with van der Waals surface area (Å²) in [7, 11) is 1.79. The van der Waals surface area contributed by atoms with E-state index in [-0.39, 0.29) is 12.1 Å². The molecule has 1 aliphatic rings. The van der Waals surface area contributed by atoms with Crippen molar-refractivity contribution in [2.24, 2.45) is 0 Å². The zero-order valence-corrected chi connectivity index (χ0v) is 8.52. The third kappa shape index (κ3) is 2.15. The molecule has 1 N–H and O–H groups in total. The van der Waals surface area contributed by atoms with Gasteiger partial charge in [-0.2, -0.15) is 0 Å². The Hall–Kier alpha value is -0.690. The van der Waals surface area contributed by atoms with Gasteiger partial charge in [0.25, 0.3) is 0 Å². The van der Waals surface area contributed by atoms with E-state index < -0.39 is 0 Å². The Morgan fingerprint density at radius 1 is 1.75 bits per heavy atom. The standard InChI is InChI=1S/C8H11BrN2O/c1-11-7(4-2-3-5-9)6-10-8(11)12/h7H,4-6H2,1H3,(H,10,12). The molecular formula is C8H11BrN2O. The monoisotopic (exact) mass is 230 g/mol. The highest BCUT2D eigenvalue weighted by Gasteiger charge is 2.25. The lowest BCUT2D eigenvalue weighted by Gasteiger charge is -2.14. The van der Waals surface area contributed by atoms with Gasteiger partial charge in [0.2, 0.25) is 0 Å². The predicted molar refractivity (Wildman–Crippen MR) is 51.1 cm³/mol. The van der Waals surface area contributed by atoms with Crippen LogP contribution in [0, 0.1) is 11.8 Å². The first kappa shape index (κ1) is 9.40. The number of amides is 2. The number of nitrogens with zero attached hydrogens (tertiary/aromatic N) is 1. The van der Waals surface area contributed by atoms with Crippen molar-refractivity contribution in [3.05, 3.63) is 0 Å². The summed E-state index contributed by atoms with van der Waals surface area (Å²) in [6, 6.07) is 0.240. The molecule has 4 heteroatoms. The first-order chi connectivity index (χ1) is 5.75. The quantitative estimate of drug-likeness (QED) is 0.525. The van der Waals surface area contributed by atoms with Crippen molar-refractivity contribution in [1.82, 2.24) is 10.2 Å². The van der Waals surface area contributed by atoms with Crippen LogP contribution in [0.4, 0.5) is 4.79 Å². The minimum absolute atomic E-state index is 0.000595. The fourth-order valence-electron chi connectivity index (χ4n) is 1.08. The van der Waals surface area contributed by atoms with Crippen molar-refractivity contribution in [1.29, 1.82) is 0 Å². The fourth-order valence-corrected chi connectivity index (χ4v) is 1.28. The van der Waals surface area contributed by atoms with Crippen LogP contribution in [-0.2, 0) is 0 Å². The average Bonchev–Trinajstić information content (AvgIpc) is 2.36.